The van der Waals surface area contributed by atoms with Crippen molar-refractivity contribution in [3.8, 4) is 0 Å². The Morgan fingerprint density at radius 2 is 2.31 bits per heavy atom. The molecule has 68 valence electrons. The van der Waals surface area contributed by atoms with E-state index in [9.17, 15) is 10.1 Å². The molecule has 0 unspecified atom stereocenters. The smallest absolute Gasteiger partial charge is 0.241 e. The number of thioether (sulfide) groups is 1. The summed E-state index contributed by atoms with van der Waals surface area (Å²) in [5.41, 5.74) is 0. The lowest BCUT2D eigenvalue weighted by atomic mass is 10.4. The van der Waals surface area contributed by atoms with Crippen LogP contribution < -0.4 is 0 Å². The standard InChI is InChI=1S/C8H6ClNO2S/c9-7-2-1-3-8(6-7)13-5-4-10(11)12/h1-6H. The summed E-state index contributed by atoms with van der Waals surface area (Å²) >= 11 is 6.97. The molecular weight excluding hydrogens is 210 g/mol. The fraction of sp³-hybridized carbons (Fsp3) is 0. The van der Waals surface area contributed by atoms with Crippen molar-refractivity contribution in [3.05, 3.63) is 51.0 Å². The molecule has 0 aliphatic carbocycles. The van der Waals surface area contributed by atoms with E-state index in [1.165, 1.54) is 17.2 Å². The Balaban J connectivity index is 2.59. The van der Waals surface area contributed by atoms with Gasteiger partial charge in [0.2, 0.25) is 6.20 Å². The predicted molar refractivity (Wildman–Crippen MR) is 53.4 cm³/mol. The lowest BCUT2D eigenvalue weighted by molar-refractivity contribution is -0.402. The van der Waals surface area contributed by atoms with Gasteiger partial charge < -0.3 is 0 Å². The lowest BCUT2D eigenvalue weighted by Gasteiger charge is -1.94. The van der Waals surface area contributed by atoms with Crippen molar-refractivity contribution >= 4 is 23.4 Å². The maximum atomic E-state index is 9.94. The fourth-order valence-electron chi connectivity index (χ4n) is 0.699. The van der Waals surface area contributed by atoms with Crippen LogP contribution in [-0.4, -0.2) is 4.92 Å². The Morgan fingerprint density at radius 3 is 2.92 bits per heavy atom. The van der Waals surface area contributed by atoms with Gasteiger partial charge in [-0.15, -0.1) is 0 Å². The van der Waals surface area contributed by atoms with Crippen LogP contribution in [0.3, 0.4) is 0 Å². The van der Waals surface area contributed by atoms with Crippen molar-refractivity contribution in [1.29, 1.82) is 0 Å². The van der Waals surface area contributed by atoms with Crippen LogP contribution in [0, 0.1) is 10.1 Å². The molecule has 1 aromatic rings. The molecule has 3 nitrogen and oxygen atoms in total. The molecule has 0 aliphatic rings. The van der Waals surface area contributed by atoms with E-state index in [-0.39, 0.29) is 0 Å². The summed E-state index contributed by atoms with van der Waals surface area (Å²) in [7, 11) is 0. The third-order valence-corrected chi connectivity index (χ3v) is 2.20. The van der Waals surface area contributed by atoms with Crippen LogP contribution in [0.2, 0.25) is 5.02 Å². The first kappa shape index (κ1) is 10.1. The second kappa shape index (κ2) is 4.89. The summed E-state index contributed by atoms with van der Waals surface area (Å²) in [6.07, 6.45) is 0.894. The number of rotatable bonds is 3. The van der Waals surface area contributed by atoms with Crippen LogP contribution in [0.5, 0.6) is 0 Å². The molecule has 0 bridgehead atoms. The van der Waals surface area contributed by atoms with E-state index in [1.807, 2.05) is 6.07 Å². The molecule has 0 saturated heterocycles. The molecule has 0 atom stereocenters. The van der Waals surface area contributed by atoms with Gasteiger partial charge in [-0.25, -0.2) is 0 Å². The molecule has 5 heteroatoms. The number of nitro groups is 1. The van der Waals surface area contributed by atoms with Crippen molar-refractivity contribution in [2.75, 3.05) is 0 Å². The van der Waals surface area contributed by atoms with Gasteiger partial charge in [-0.3, -0.25) is 10.1 Å². The average molecular weight is 216 g/mol. The zero-order chi connectivity index (χ0) is 9.68. The second-order valence-corrected chi connectivity index (χ2v) is 3.56. The van der Waals surface area contributed by atoms with E-state index in [0.29, 0.717) is 5.02 Å². The first-order valence-corrected chi connectivity index (χ1v) is 4.66. The van der Waals surface area contributed by atoms with Crippen molar-refractivity contribution in [2.45, 2.75) is 4.90 Å². The van der Waals surface area contributed by atoms with Crippen LogP contribution in [0.15, 0.2) is 40.8 Å². The predicted octanol–water partition coefficient (Wildman–Crippen LogP) is 3.18. The molecular formula is C8H6ClNO2S. The monoisotopic (exact) mass is 215 g/mol. The largest absolute Gasteiger partial charge is 0.259 e. The van der Waals surface area contributed by atoms with E-state index >= 15 is 0 Å². The number of nitrogens with zero attached hydrogens (tertiary/aromatic N) is 1. The highest BCUT2D eigenvalue weighted by Gasteiger charge is 1.92. The molecule has 1 rings (SSSR count). The summed E-state index contributed by atoms with van der Waals surface area (Å²) < 4.78 is 0. The Hall–Kier alpha value is -1.00. The lowest BCUT2D eigenvalue weighted by Crippen LogP contribution is -1.80. The van der Waals surface area contributed by atoms with Gasteiger partial charge >= 0.3 is 0 Å². The minimum Gasteiger partial charge on any atom is -0.259 e. The van der Waals surface area contributed by atoms with Crippen LogP contribution >= 0.6 is 23.4 Å². The van der Waals surface area contributed by atoms with Crippen molar-refractivity contribution in [1.82, 2.24) is 0 Å². The van der Waals surface area contributed by atoms with Gasteiger partial charge in [0.05, 0.1) is 4.92 Å². The minimum absolute atomic E-state index is 0.502. The maximum Gasteiger partial charge on any atom is 0.241 e. The zero-order valence-corrected chi connectivity index (χ0v) is 8.09. The third-order valence-electron chi connectivity index (χ3n) is 1.18. The van der Waals surface area contributed by atoms with Crippen molar-refractivity contribution in [2.24, 2.45) is 0 Å². The highest BCUT2D eigenvalue weighted by Crippen LogP contribution is 2.22. The third kappa shape index (κ3) is 3.96. The molecule has 0 N–H and O–H groups in total. The van der Waals surface area contributed by atoms with Gasteiger partial charge in [0.25, 0.3) is 0 Å². The Labute approximate surface area is 84.6 Å². The number of benzene rings is 1. The zero-order valence-electron chi connectivity index (χ0n) is 6.51. The topological polar surface area (TPSA) is 43.1 Å². The number of halogens is 1. The highest BCUT2D eigenvalue weighted by atomic mass is 35.5. The van der Waals surface area contributed by atoms with Crippen molar-refractivity contribution < 1.29 is 4.92 Å². The molecule has 0 amide bonds. The van der Waals surface area contributed by atoms with Gasteiger partial charge in [0.15, 0.2) is 0 Å². The molecule has 0 radical (unpaired) electrons. The first-order valence-electron chi connectivity index (χ1n) is 3.41. The van der Waals surface area contributed by atoms with E-state index in [0.717, 1.165) is 11.1 Å². The molecule has 13 heavy (non-hydrogen) atoms. The molecule has 0 aliphatic heterocycles. The van der Waals surface area contributed by atoms with Gasteiger partial charge in [-0.05, 0) is 18.2 Å². The quantitative estimate of drug-likeness (QED) is 0.442. The molecule has 0 aromatic heterocycles. The van der Waals surface area contributed by atoms with Crippen LogP contribution in [-0.2, 0) is 0 Å². The molecule has 0 spiro atoms. The van der Waals surface area contributed by atoms with E-state index < -0.39 is 4.92 Å². The van der Waals surface area contributed by atoms with Gasteiger partial charge in [0, 0.05) is 15.3 Å². The first-order chi connectivity index (χ1) is 6.18. The van der Waals surface area contributed by atoms with Crippen LogP contribution in [0.4, 0.5) is 0 Å². The highest BCUT2D eigenvalue weighted by molar-refractivity contribution is 8.02. The summed E-state index contributed by atoms with van der Waals surface area (Å²) in [4.78, 5) is 10.3. The Kier molecular flexibility index (Phi) is 3.79. The summed E-state index contributed by atoms with van der Waals surface area (Å²) in [6, 6.07) is 7.13. The molecule has 0 heterocycles. The van der Waals surface area contributed by atoms with Gasteiger partial charge in [-0.2, -0.15) is 0 Å². The molecule has 0 fully saturated rings. The summed E-state index contributed by atoms with van der Waals surface area (Å²) in [5, 5.41) is 12.0. The average Bonchev–Trinajstić information content (AvgIpc) is 2.03. The molecule has 1 aromatic carbocycles. The SMILES string of the molecule is O=[N+]([O-])C=CSc1cccc(Cl)c1. The van der Waals surface area contributed by atoms with Crippen LogP contribution in [0.25, 0.3) is 0 Å². The molecule has 0 saturated carbocycles. The Morgan fingerprint density at radius 1 is 1.54 bits per heavy atom. The number of hydrogen-bond donors (Lipinski definition) is 0. The van der Waals surface area contributed by atoms with Gasteiger partial charge in [-0.1, -0.05) is 29.4 Å². The van der Waals surface area contributed by atoms with E-state index in [1.54, 1.807) is 18.2 Å². The van der Waals surface area contributed by atoms with Crippen molar-refractivity contribution in [3.63, 3.8) is 0 Å². The number of hydrogen-bond acceptors (Lipinski definition) is 3. The van der Waals surface area contributed by atoms with Crippen LogP contribution in [0.1, 0.15) is 0 Å². The van der Waals surface area contributed by atoms with E-state index in [4.69, 9.17) is 11.6 Å². The Bertz CT molecular complexity index is 341. The maximum absolute atomic E-state index is 9.94. The second-order valence-electron chi connectivity index (χ2n) is 2.15. The summed E-state index contributed by atoms with van der Waals surface area (Å²) in [6.45, 7) is 0. The van der Waals surface area contributed by atoms with Gasteiger partial charge in [0.1, 0.15) is 0 Å². The summed E-state index contributed by atoms with van der Waals surface area (Å²) in [5.74, 6) is 0. The minimum atomic E-state index is -0.502. The fourth-order valence-corrected chi connectivity index (χ4v) is 1.62. The van der Waals surface area contributed by atoms with E-state index in [2.05, 4.69) is 0 Å². The normalized spacial score (nSPS) is 10.5.